The quantitative estimate of drug-likeness (QED) is 0.780. The van der Waals surface area contributed by atoms with E-state index in [1.807, 2.05) is 45.6 Å². The third-order valence-electron chi connectivity index (χ3n) is 2.85. The van der Waals surface area contributed by atoms with Gasteiger partial charge in [0.05, 0.1) is 6.20 Å². The molecule has 6 nitrogen and oxygen atoms in total. The molecule has 0 saturated carbocycles. The first-order chi connectivity index (χ1) is 9.29. The fraction of sp³-hybridized carbons (Fsp3) is 0.714. The second-order valence-electron chi connectivity index (χ2n) is 5.84. The van der Waals surface area contributed by atoms with Gasteiger partial charge < -0.3 is 15.4 Å². The second kappa shape index (κ2) is 7.28. The molecule has 0 radical (unpaired) electrons. The van der Waals surface area contributed by atoms with Crippen molar-refractivity contribution in [2.45, 2.75) is 46.3 Å². The number of rotatable bonds is 6. The minimum absolute atomic E-state index is 0.361. The first-order valence-electron chi connectivity index (χ1n) is 6.94. The van der Waals surface area contributed by atoms with Gasteiger partial charge in [0.25, 0.3) is 0 Å². The van der Waals surface area contributed by atoms with E-state index in [4.69, 9.17) is 4.74 Å². The summed E-state index contributed by atoms with van der Waals surface area (Å²) in [4.78, 5) is 11.4. The molecule has 0 atom stereocenters. The van der Waals surface area contributed by atoms with Crippen molar-refractivity contribution < 1.29 is 9.53 Å². The summed E-state index contributed by atoms with van der Waals surface area (Å²) in [5.41, 5.74) is 1.93. The molecule has 1 heterocycles. The van der Waals surface area contributed by atoms with E-state index in [0.717, 1.165) is 19.5 Å². The molecular formula is C14H26N4O2. The third-order valence-corrected chi connectivity index (χ3v) is 2.85. The Hall–Kier alpha value is -1.56. The summed E-state index contributed by atoms with van der Waals surface area (Å²) < 4.78 is 7.01. The highest BCUT2D eigenvalue weighted by Crippen LogP contribution is 2.06. The van der Waals surface area contributed by atoms with Crippen molar-refractivity contribution in [3.8, 4) is 0 Å². The predicted molar refractivity (Wildman–Crippen MR) is 78.5 cm³/mol. The maximum atomic E-state index is 11.4. The van der Waals surface area contributed by atoms with Gasteiger partial charge in [-0.3, -0.25) is 4.68 Å². The lowest BCUT2D eigenvalue weighted by Crippen LogP contribution is -2.33. The van der Waals surface area contributed by atoms with Crippen molar-refractivity contribution in [3.63, 3.8) is 0 Å². The average molecular weight is 282 g/mol. The highest BCUT2D eigenvalue weighted by molar-refractivity contribution is 5.67. The molecular weight excluding hydrogens is 256 g/mol. The van der Waals surface area contributed by atoms with Crippen LogP contribution in [0, 0.1) is 6.92 Å². The van der Waals surface area contributed by atoms with Gasteiger partial charge in [0.15, 0.2) is 0 Å². The lowest BCUT2D eigenvalue weighted by Gasteiger charge is -2.19. The number of hydrogen-bond acceptors (Lipinski definition) is 4. The Balaban J connectivity index is 2.08. The van der Waals surface area contributed by atoms with Gasteiger partial charge in [-0.25, -0.2) is 4.79 Å². The van der Waals surface area contributed by atoms with E-state index in [-0.39, 0.29) is 6.09 Å². The lowest BCUT2D eigenvalue weighted by atomic mass is 10.2. The third kappa shape index (κ3) is 6.06. The summed E-state index contributed by atoms with van der Waals surface area (Å²) in [5.74, 6) is 0. The predicted octanol–water partition coefficient (Wildman–Crippen LogP) is 1.73. The molecule has 0 unspecified atom stereocenters. The van der Waals surface area contributed by atoms with Crippen LogP contribution in [0.4, 0.5) is 4.79 Å². The summed E-state index contributed by atoms with van der Waals surface area (Å²) >= 11 is 0. The maximum Gasteiger partial charge on any atom is 0.407 e. The number of carbonyl (C=O) groups excluding carboxylic acids is 1. The molecule has 0 saturated heterocycles. The number of ether oxygens (including phenoxy) is 1. The van der Waals surface area contributed by atoms with Crippen LogP contribution < -0.4 is 10.6 Å². The van der Waals surface area contributed by atoms with Crippen LogP contribution in [0.15, 0.2) is 6.20 Å². The molecule has 0 aliphatic carbocycles. The monoisotopic (exact) mass is 282 g/mol. The minimum atomic E-state index is -0.444. The second-order valence-corrected chi connectivity index (χ2v) is 5.84. The van der Waals surface area contributed by atoms with Crippen molar-refractivity contribution in [1.82, 2.24) is 20.4 Å². The van der Waals surface area contributed by atoms with E-state index in [1.165, 1.54) is 11.3 Å². The molecule has 0 spiro atoms. The lowest BCUT2D eigenvalue weighted by molar-refractivity contribution is 0.0527. The normalized spacial score (nSPS) is 11.4. The molecule has 1 rings (SSSR count). The van der Waals surface area contributed by atoms with E-state index in [1.54, 1.807) is 0 Å². The molecule has 114 valence electrons. The van der Waals surface area contributed by atoms with Crippen LogP contribution in [-0.2, 0) is 18.3 Å². The van der Waals surface area contributed by atoms with Crippen LogP contribution >= 0.6 is 0 Å². The number of alkyl carbamates (subject to hydrolysis) is 1. The zero-order chi connectivity index (χ0) is 15.2. The standard InChI is InChI=1S/C14H26N4O2/c1-11-12(10-17-18(11)5)9-15-7-6-8-16-13(19)20-14(2,3)4/h10,15H,6-9H2,1-5H3,(H,16,19). The summed E-state index contributed by atoms with van der Waals surface area (Å²) in [6.07, 6.45) is 2.38. The van der Waals surface area contributed by atoms with Gasteiger partial charge in [-0.2, -0.15) is 5.10 Å². The zero-order valence-electron chi connectivity index (χ0n) is 13.1. The van der Waals surface area contributed by atoms with Crippen molar-refractivity contribution in [1.29, 1.82) is 0 Å². The van der Waals surface area contributed by atoms with E-state index in [2.05, 4.69) is 15.7 Å². The first-order valence-corrected chi connectivity index (χ1v) is 6.94. The van der Waals surface area contributed by atoms with Gasteiger partial charge in [0.2, 0.25) is 0 Å². The molecule has 2 N–H and O–H groups in total. The molecule has 6 heteroatoms. The Bertz CT molecular complexity index is 435. The van der Waals surface area contributed by atoms with Gasteiger partial charge >= 0.3 is 6.09 Å². The number of aryl methyl sites for hydroxylation is 1. The molecule has 0 aliphatic heterocycles. The molecule has 0 fully saturated rings. The van der Waals surface area contributed by atoms with Crippen LogP contribution in [0.3, 0.4) is 0 Å². The average Bonchev–Trinajstić information content (AvgIpc) is 2.63. The molecule has 1 aromatic heterocycles. The smallest absolute Gasteiger partial charge is 0.407 e. The number of carbonyl (C=O) groups is 1. The number of hydrogen-bond donors (Lipinski definition) is 2. The molecule has 20 heavy (non-hydrogen) atoms. The van der Waals surface area contributed by atoms with Crippen LogP contribution in [0.1, 0.15) is 38.4 Å². The van der Waals surface area contributed by atoms with Crippen LogP contribution in [-0.4, -0.2) is 34.6 Å². The van der Waals surface area contributed by atoms with Gasteiger partial charge in [-0.15, -0.1) is 0 Å². The van der Waals surface area contributed by atoms with Crippen molar-refractivity contribution in [3.05, 3.63) is 17.5 Å². The van der Waals surface area contributed by atoms with Crippen molar-refractivity contribution in [2.24, 2.45) is 7.05 Å². The number of nitrogens with zero attached hydrogens (tertiary/aromatic N) is 2. The zero-order valence-corrected chi connectivity index (χ0v) is 13.1. The van der Waals surface area contributed by atoms with Crippen molar-refractivity contribution >= 4 is 6.09 Å². The summed E-state index contributed by atoms with van der Waals surface area (Å²) in [6, 6.07) is 0. The summed E-state index contributed by atoms with van der Waals surface area (Å²) in [5, 5.41) is 10.3. The Kier molecular flexibility index (Phi) is 6.01. The largest absolute Gasteiger partial charge is 0.444 e. The Morgan fingerprint density at radius 3 is 2.65 bits per heavy atom. The van der Waals surface area contributed by atoms with Crippen LogP contribution in [0.2, 0.25) is 0 Å². The maximum absolute atomic E-state index is 11.4. The Labute approximate surface area is 120 Å². The highest BCUT2D eigenvalue weighted by Gasteiger charge is 2.15. The number of aromatic nitrogens is 2. The van der Waals surface area contributed by atoms with Crippen molar-refractivity contribution in [2.75, 3.05) is 13.1 Å². The topological polar surface area (TPSA) is 68.2 Å². The van der Waals surface area contributed by atoms with Crippen LogP contribution in [0.5, 0.6) is 0 Å². The van der Waals surface area contributed by atoms with Gasteiger partial charge in [0, 0.05) is 31.4 Å². The van der Waals surface area contributed by atoms with Gasteiger partial charge in [0.1, 0.15) is 5.60 Å². The van der Waals surface area contributed by atoms with E-state index in [0.29, 0.717) is 6.54 Å². The SMILES string of the molecule is Cc1c(CNCCCNC(=O)OC(C)(C)C)cnn1C. The number of amides is 1. The fourth-order valence-electron chi connectivity index (χ4n) is 1.66. The fourth-order valence-corrected chi connectivity index (χ4v) is 1.66. The Morgan fingerprint density at radius 2 is 2.10 bits per heavy atom. The summed E-state index contributed by atoms with van der Waals surface area (Å²) in [7, 11) is 1.93. The molecule has 0 bridgehead atoms. The molecule has 0 aromatic carbocycles. The Morgan fingerprint density at radius 1 is 1.40 bits per heavy atom. The molecule has 1 amide bonds. The first kappa shape index (κ1) is 16.5. The van der Waals surface area contributed by atoms with E-state index < -0.39 is 5.60 Å². The van der Waals surface area contributed by atoms with Crippen LogP contribution in [0.25, 0.3) is 0 Å². The van der Waals surface area contributed by atoms with Gasteiger partial charge in [-0.1, -0.05) is 0 Å². The van der Waals surface area contributed by atoms with E-state index >= 15 is 0 Å². The van der Waals surface area contributed by atoms with Gasteiger partial charge in [-0.05, 0) is 40.7 Å². The minimum Gasteiger partial charge on any atom is -0.444 e. The number of nitrogens with one attached hydrogen (secondary N) is 2. The molecule has 0 aliphatic rings. The van der Waals surface area contributed by atoms with E-state index in [9.17, 15) is 4.79 Å². The highest BCUT2D eigenvalue weighted by atomic mass is 16.6. The summed E-state index contributed by atoms with van der Waals surface area (Å²) in [6.45, 7) is 9.84. The molecule has 1 aromatic rings.